The molecular formula is C25H27N3O. The third kappa shape index (κ3) is 4.24. The Hall–Kier alpha value is -2.95. The third-order valence-corrected chi connectivity index (χ3v) is 5.31. The summed E-state index contributed by atoms with van der Waals surface area (Å²) >= 11 is 0. The van der Waals surface area contributed by atoms with Crippen LogP contribution in [0, 0.1) is 13.8 Å². The Bertz CT molecular complexity index is 1080. The van der Waals surface area contributed by atoms with Crippen LogP contribution in [0.2, 0.25) is 0 Å². The quantitative estimate of drug-likeness (QED) is 0.505. The van der Waals surface area contributed by atoms with Gasteiger partial charge in [-0.05, 0) is 31.0 Å². The van der Waals surface area contributed by atoms with Gasteiger partial charge >= 0.3 is 0 Å². The second-order valence-electron chi connectivity index (χ2n) is 7.58. The van der Waals surface area contributed by atoms with Gasteiger partial charge in [-0.1, -0.05) is 66.2 Å². The molecule has 4 nitrogen and oxygen atoms in total. The van der Waals surface area contributed by atoms with Crippen molar-refractivity contribution in [3.05, 3.63) is 95.3 Å². The predicted molar refractivity (Wildman–Crippen MR) is 118 cm³/mol. The van der Waals surface area contributed by atoms with E-state index in [-0.39, 0.29) is 6.61 Å². The van der Waals surface area contributed by atoms with Crippen molar-refractivity contribution in [3.8, 4) is 11.3 Å². The lowest BCUT2D eigenvalue weighted by Gasteiger charge is -2.22. The minimum absolute atomic E-state index is 0.127. The van der Waals surface area contributed by atoms with Gasteiger partial charge in [-0.3, -0.25) is 4.90 Å². The molecule has 0 aliphatic rings. The maximum atomic E-state index is 9.65. The molecule has 2 heterocycles. The van der Waals surface area contributed by atoms with Gasteiger partial charge in [-0.2, -0.15) is 0 Å². The molecule has 0 fully saturated rings. The summed E-state index contributed by atoms with van der Waals surface area (Å²) in [7, 11) is 0. The van der Waals surface area contributed by atoms with E-state index in [1.54, 1.807) is 0 Å². The fourth-order valence-electron chi connectivity index (χ4n) is 3.76. The highest BCUT2D eigenvalue weighted by molar-refractivity contribution is 5.68. The first kappa shape index (κ1) is 19.4. The standard InChI is InChI=1S/C25H27N3O/c1-19-10-12-22(13-11-19)24-23(28-14-6-7-20(2)25(28)26-24)18-27(15-16-29)17-21-8-4-3-5-9-21/h3-14,29H,15-18H2,1-2H3. The molecule has 0 aliphatic carbocycles. The van der Waals surface area contributed by atoms with Gasteiger partial charge in [0.2, 0.25) is 0 Å². The second-order valence-corrected chi connectivity index (χ2v) is 7.58. The van der Waals surface area contributed by atoms with E-state index < -0.39 is 0 Å². The van der Waals surface area contributed by atoms with Crippen LogP contribution < -0.4 is 0 Å². The molecule has 0 bridgehead atoms. The lowest BCUT2D eigenvalue weighted by atomic mass is 10.1. The SMILES string of the molecule is Cc1ccc(-c2nc3c(C)cccn3c2CN(CCO)Cc2ccccc2)cc1. The zero-order valence-corrected chi connectivity index (χ0v) is 17.0. The average Bonchev–Trinajstić information content (AvgIpc) is 3.09. The van der Waals surface area contributed by atoms with Gasteiger partial charge in [0.25, 0.3) is 0 Å². The minimum atomic E-state index is 0.127. The van der Waals surface area contributed by atoms with Crippen LogP contribution in [0.1, 0.15) is 22.4 Å². The number of rotatable bonds is 7. The van der Waals surface area contributed by atoms with E-state index in [0.29, 0.717) is 13.1 Å². The largest absolute Gasteiger partial charge is 0.395 e. The first-order valence-corrected chi connectivity index (χ1v) is 10.1. The van der Waals surface area contributed by atoms with E-state index in [2.05, 4.69) is 90.0 Å². The van der Waals surface area contributed by atoms with Crippen LogP contribution in [0.5, 0.6) is 0 Å². The number of imidazole rings is 1. The summed E-state index contributed by atoms with van der Waals surface area (Å²) in [5.41, 5.74) is 7.90. The van der Waals surface area contributed by atoms with E-state index in [4.69, 9.17) is 4.98 Å². The Balaban J connectivity index is 1.76. The van der Waals surface area contributed by atoms with Crippen LogP contribution >= 0.6 is 0 Å². The fourth-order valence-corrected chi connectivity index (χ4v) is 3.76. The van der Waals surface area contributed by atoms with E-state index in [1.807, 2.05) is 6.07 Å². The Morgan fingerprint density at radius 1 is 0.897 bits per heavy atom. The lowest BCUT2D eigenvalue weighted by molar-refractivity contribution is 0.183. The van der Waals surface area contributed by atoms with Crippen molar-refractivity contribution in [1.82, 2.24) is 14.3 Å². The predicted octanol–water partition coefficient (Wildman–Crippen LogP) is 4.61. The molecule has 0 unspecified atom stereocenters. The van der Waals surface area contributed by atoms with Crippen LogP contribution in [-0.4, -0.2) is 32.5 Å². The monoisotopic (exact) mass is 385 g/mol. The first-order valence-electron chi connectivity index (χ1n) is 10.1. The maximum Gasteiger partial charge on any atom is 0.140 e. The van der Waals surface area contributed by atoms with E-state index in [0.717, 1.165) is 34.7 Å². The maximum absolute atomic E-state index is 9.65. The molecule has 4 rings (SSSR count). The van der Waals surface area contributed by atoms with E-state index in [1.165, 1.54) is 11.1 Å². The normalized spacial score (nSPS) is 11.4. The molecule has 4 heteroatoms. The molecule has 2 aromatic carbocycles. The van der Waals surface area contributed by atoms with Gasteiger partial charge in [0.15, 0.2) is 0 Å². The zero-order chi connectivity index (χ0) is 20.2. The van der Waals surface area contributed by atoms with Crippen molar-refractivity contribution in [3.63, 3.8) is 0 Å². The molecule has 0 saturated heterocycles. The molecule has 0 aliphatic heterocycles. The van der Waals surface area contributed by atoms with Gasteiger partial charge in [0, 0.05) is 31.4 Å². The number of aliphatic hydroxyl groups is 1. The van der Waals surface area contributed by atoms with Gasteiger partial charge in [-0.15, -0.1) is 0 Å². The van der Waals surface area contributed by atoms with Crippen LogP contribution in [0.3, 0.4) is 0 Å². The molecule has 148 valence electrons. The number of pyridine rings is 1. The minimum Gasteiger partial charge on any atom is -0.395 e. The number of hydrogen-bond acceptors (Lipinski definition) is 3. The molecular weight excluding hydrogens is 358 g/mol. The number of fused-ring (bicyclic) bond motifs is 1. The molecule has 2 aromatic heterocycles. The summed E-state index contributed by atoms with van der Waals surface area (Å²) in [5, 5.41) is 9.65. The molecule has 1 N–H and O–H groups in total. The van der Waals surface area contributed by atoms with Crippen molar-refractivity contribution in [2.75, 3.05) is 13.2 Å². The van der Waals surface area contributed by atoms with Crippen LogP contribution in [-0.2, 0) is 13.1 Å². The number of aromatic nitrogens is 2. The van der Waals surface area contributed by atoms with Gasteiger partial charge in [-0.25, -0.2) is 4.98 Å². The summed E-state index contributed by atoms with van der Waals surface area (Å²) in [6.45, 7) is 6.43. The zero-order valence-electron chi connectivity index (χ0n) is 17.0. The van der Waals surface area contributed by atoms with Crippen LogP contribution in [0.15, 0.2) is 72.9 Å². The fraction of sp³-hybridized carbons (Fsp3) is 0.240. The highest BCUT2D eigenvalue weighted by Gasteiger charge is 2.18. The number of aliphatic hydroxyl groups excluding tert-OH is 1. The van der Waals surface area contributed by atoms with E-state index in [9.17, 15) is 5.11 Å². The molecule has 0 radical (unpaired) electrons. The van der Waals surface area contributed by atoms with Crippen molar-refractivity contribution < 1.29 is 5.11 Å². The number of nitrogens with zero attached hydrogens (tertiary/aromatic N) is 3. The topological polar surface area (TPSA) is 40.8 Å². The molecule has 29 heavy (non-hydrogen) atoms. The molecule has 0 atom stereocenters. The van der Waals surface area contributed by atoms with Crippen molar-refractivity contribution in [1.29, 1.82) is 0 Å². The Kier molecular flexibility index (Phi) is 5.74. The lowest BCUT2D eigenvalue weighted by Crippen LogP contribution is -2.27. The van der Waals surface area contributed by atoms with Gasteiger partial charge in [0.05, 0.1) is 18.0 Å². The molecule has 0 saturated carbocycles. The van der Waals surface area contributed by atoms with Crippen molar-refractivity contribution in [2.24, 2.45) is 0 Å². The summed E-state index contributed by atoms with van der Waals surface area (Å²) in [5.74, 6) is 0. The summed E-state index contributed by atoms with van der Waals surface area (Å²) in [4.78, 5) is 7.28. The Morgan fingerprint density at radius 2 is 1.66 bits per heavy atom. The van der Waals surface area contributed by atoms with Gasteiger partial charge < -0.3 is 9.51 Å². The summed E-state index contributed by atoms with van der Waals surface area (Å²) in [6, 6.07) is 23.1. The Morgan fingerprint density at radius 3 is 2.38 bits per heavy atom. The van der Waals surface area contributed by atoms with Crippen LogP contribution in [0.4, 0.5) is 0 Å². The number of aryl methyl sites for hydroxylation is 2. The first-order chi connectivity index (χ1) is 14.2. The van der Waals surface area contributed by atoms with Crippen LogP contribution in [0.25, 0.3) is 16.9 Å². The smallest absolute Gasteiger partial charge is 0.140 e. The Labute approximate surface area is 172 Å². The highest BCUT2D eigenvalue weighted by atomic mass is 16.3. The van der Waals surface area contributed by atoms with Crippen molar-refractivity contribution >= 4 is 5.65 Å². The molecule has 0 spiro atoms. The van der Waals surface area contributed by atoms with Gasteiger partial charge in [0.1, 0.15) is 5.65 Å². The summed E-state index contributed by atoms with van der Waals surface area (Å²) < 4.78 is 2.19. The number of hydrogen-bond donors (Lipinski definition) is 1. The van der Waals surface area contributed by atoms with Crippen molar-refractivity contribution in [2.45, 2.75) is 26.9 Å². The molecule has 4 aromatic rings. The number of benzene rings is 2. The second kappa shape index (κ2) is 8.60. The molecule has 0 amide bonds. The third-order valence-electron chi connectivity index (χ3n) is 5.31. The van der Waals surface area contributed by atoms with E-state index >= 15 is 0 Å². The average molecular weight is 386 g/mol. The highest BCUT2D eigenvalue weighted by Crippen LogP contribution is 2.27. The summed E-state index contributed by atoms with van der Waals surface area (Å²) in [6.07, 6.45) is 2.09.